The molecule has 0 radical (unpaired) electrons. The van der Waals surface area contributed by atoms with Crippen LogP contribution >= 0.6 is 0 Å². The monoisotopic (exact) mass is 426 g/mol. The molecule has 2 aromatic rings. The van der Waals surface area contributed by atoms with Gasteiger partial charge in [0.2, 0.25) is 0 Å². The maximum atomic E-state index is 2.54. The first-order valence-corrected chi connectivity index (χ1v) is 18.1. The minimum absolute atomic E-state index is 0.584. The van der Waals surface area contributed by atoms with Gasteiger partial charge in [0.15, 0.2) is 0 Å². The van der Waals surface area contributed by atoms with Gasteiger partial charge in [-0.3, -0.25) is 0 Å². The zero-order chi connectivity index (χ0) is 19.8. The molecule has 1 saturated carbocycles. The number of benzene rings is 1. The Morgan fingerprint density at radius 3 is 2.30 bits per heavy atom. The van der Waals surface area contributed by atoms with Crippen molar-refractivity contribution >= 4 is 17.7 Å². The average molecular weight is 425 g/mol. The summed E-state index contributed by atoms with van der Waals surface area (Å²) in [5, 5.41) is 0. The van der Waals surface area contributed by atoms with Crippen LogP contribution in [-0.2, 0) is 13.5 Å². The molecule has 0 aliphatic heterocycles. The van der Waals surface area contributed by atoms with Crippen molar-refractivity contribution in [2.45, 2.75) is 76.1 Å². The Morgan fingerprint density at radius 2 is 1.74 bits per heavy atom. The summed E-state index contributed by atoms with van der Waals surface area (Å²) in [7, 11) is 2.24. The normalized spacial score (nSPS) is 15.7. The molecular formula is C25H38GeN+. The number of aromatic nitrogens is 1. The van der Waals surface area contributed by atoms with Crippen LogP contribution in [0, 0.1) is 12.8 Å². The predicted octanol–water partition coefficient (Wildman–Crippen LogP) is 5.89. The van der Waals surface area contributed by atoms with Gasteiger partial charge in [0.05, 0.1) is 0 Å². The van der Waals surface area contributed by atoms with Crippen molar-refractivity contribution in [1.29, 1.82) is 0 Å². The minimum atomic E-state index is -1.90. The predicted molar refractivity (Wildman–Crippen MR) is 121 cm³/mol. The Kier molecular flexibility index (Phi) is 6.20. The van der Waals surface area contributed by atoms with Crippen molar-refractivity contribution in [2.75, 3.05) is 0 Å². The van der Waals surface area contributed by atoms with Crippen molar-refractivity contribution in [3.8, 4) is 11.3 Å². The number of rotatable bonds is 5. The Labute approximate surface area is 169 Å². The Bertz CT molecular complexity index is 808. The van der Waals surface area contributed by atoms with E-state index in [1.807, 2.05) is 0 Å². The SMILES string of the molecule is Cc1cc(C(C)C)ccc1-c1cc(CC2CCCC2)[c]([Ge]([CH3])([CH3])[CH3])c[n+]1C. The van der Waals surface area contributed by atoms with E-state index in [-0.39, 0.29) is 0 Å². The third-order valence-corrected chi connectivity index (χ3v) is 10.7. The molecule has 0 saturated heterocycles. The molecule has 0 bridgehead atoms. The summed E-state index contributed by atoms with van der Waals surface area (Å²) < 4.78 is 4.09. The molecule has 1 nitrogen and oxygen atoms in total. The van der Waals surface area contributed by atoms with E-state index >= 15 is 0 Å². The van der Waals surface area contributed by atoms with Crippen LogP contribution in [0.25, 0.3) is 11.3 Å². The fraction of sp³-hybridized carbons (Fsp3) is 0.560. The summed E-state index contributed by atoms with van der Waals surface area (Å²) in [5.41, 5.74) is 7.25. The molecule has 1 heterocycles. The summed E-state index contributed by atoms with van der Waals surface area (Å²) >= 11 is -1.90. The molecule has 2 heteroatoms. The first-order chi connectivity index (χ1) is 12.7. The maximum absolute atomic E-state index is 2.54. The van der Waals surface area contributed by atoms with Crippen molar-refractivity contribution in [3.63, 3.8) is 0 Å². The van der Waals surface area contributed by atoms with Gasteiger partial charge in [0.25, 0.3) is 0 Å². The molecule has 3 rings (SSSR count). The molecule has 27 heavy (non-hydrogen) atoms. The number of pyridine rings is 1. The van der Waals surface area contributed by atoms with E-state index in [0.717, 1.165) is 5.92 Å². The molecule has 0 atom stereocenters. The van der Waals surface area contributed by atoms with Crippen LogP contribution in [0.5, 0.6) is 0 Å². The Hall–Kier alpha value is -1.09. The fourth-order valence-corrected chi connectivity index (χ4v) is 8.27. The van der Waals surface area contributed by atoms with E-state index in [1.165, 1.54) is 54.5 Å². The van der Waals surface area contributed by atoms with Gasteiger partial charge in [-0.15, -0.1) is 0 Å². The van der Waals surface area contributed by atoms with Gasteiger partial charge in [-0.2, -0.15) is 0 Å². The fourth-order valence-electron chi connectivity index (χ4n) is 4.66. The summed E-state index contributed by atoms with van der Waals surface area (Å²) in [6.45, 7) is 6.82. The summed E-state index contributed by atoms with van der Waals surface area (Å²) in [4.78, 5) is 0. The number of hydrogen-bond acceptors (Lipinski definition) is 0. The Morgan fingerprint density at radius 1 is 1.07 bits per heavy atom. The van der Waals surface area contributed by atoms with Gasteiger partial charge >= 0.3 is 170 Å². The van der Waals surface area contributed by atoms with E-state index < -0.39 is 13.3 Å². The summed E-state index contributed by atoms with van der Waals surface area (Å²) in [5.74, 6) is 9.10. The molecule has 0 unspecified atom stereocenters. The van der Waals surface area contributed by atoms with Crippen LogP contribution in [-0.4, -0.2) is 13.3 Å². The molecule has 0 N–H and O–H groups in total. The molecule has 1 aromatic carbocycles. The summed E-state index contributed by atoms with van der Waals surface area (Å²) in [6.07, 6.45) is 9.48. The van der Waals surface area contributed by atoms with Crippen molar-refractivity contribution in [1.82, 2.24) is 0 Å². The van der Waals surface area contributed by atoms with Gasteiger partial charge in [-0.25, -0.2) is 0 Å². The number of hydrogen-bond donors (Lipinski definition) is 0. The zero-order valence-corrected chi connectivity index (χ0v) is 20.6. The Balaban J connectivity index is 2.08. The molecule has 0 amide bonds. The second-order valence-electron chi connectivity index (χ2n) is 10.0. The second kappa shape index (κ2) is 8.11. The third-order valence-electron chi connectivity index (χ3n) is 6.34. The van der Waals surface area contributed by atoms with Crippen LogP contribution < -0.4 is 8.96 Å². The first-order valence-electron chi connectivity index (χ1n) is 10.8. The summed E-state index contributed by atoms with van der Waals surface area (Å²) in [6, 6.07) is 9.59. The third kappa shape index (κ3) is 4.67. The molecule has 146 valence electrons. The van der Waals surface area contributed by atoms with Crippen molar-refractivity contribution in [2.24, 2.45) is 13.0 Å². The number of nitrogens with zero attached hydrogens (tertiary/aromatic N) is 1. The van der Waals surface area contributed by atoms with E-state index in [2.05, 4.69) is 80.1 Å². The van der Waals surface area contributed by atoms with E-state index in [4.69, 9.17) is 0 Å². The second-order valence-corrected chi connectivity index (χ2v) is 20.6. The van der Waals surface area contributed by atoms with Gasteiger partial charge in [0.1, 0.15) is 0 Å². The van der Waals surface area contributed by atoms with Crippen LogP contribution in [0.4, 0.5) is 0 Å². The molecular weight excluding hydrogens is 387 g/mol. The molecule has 0 spiro atoms. The number of aryl methyl sites for hydroxylation is 2. The van der Waals surface area contributed by atoms with E-state index in [0.29, 0.717) is 5.92 Å². The van der Waals surface area contributed by atoms with Crippen molar-refractivity contribution in [3.05, 3.63) is 47.2 Å². The van der Waals surface area contributed by atoms with E-state index in [9.17, 15) is 0 Å². The van der Waals surface area contributed by atoms with Crippen LogP contribution in [0.15, 0.2) is 30.5 Å². The first kappa shape index (κ1) is 20.6. The van der Waals surface area contributed by atoms with Gasteiger partial charge in [0, 0.05) is 0 Å². The van der Waals surface area contributed by atoms with E-state index in [1.54, 1.807) is 9.96 Å². The molecule has 1 fully saturated rings. The zero-order valence-electron chi connectivity index (χ0n) is 18.5. The van der Waals surface area contributed by atoms with Crippen molar-refractivity contribution < 1.29 is 4.57 Å². The van der Waals surface area contributed by atoms with Gasteiger partial charge < -0.3 is 0 Å². The standard InChI is InChI=1S/C25H38GeN/c1-18(2)21-12-13-23(19(3)14-21)25-16-22(15-20-10-8-9-11-20)24(17-27(25)7)26(4,5)6/h12-14,16-18,20H,8-11,15H2,1-7H3/q+1. The topological polar surface area (TPSA) is 3.88 Å². The van der Waals surface area contributed by atoms with Crippen LogP contribution in [0.3, 0.4) is 0 Å². The molecule has 1 aromatic heterocycles. The molecule has 1 aliphatic carbocycles. The van der Waals surface area contributed by atoms with Crippen LogP contribution in [0.1, 0.15) is 62.1 Å². The van der Waals surface area contributed by atoms with Gasteiger partial charge in [-0.1, -0.05) is 0 Å². The van der Waals surface area contributed by atoms with Crippen LogP contribution in [0.2, 0.25) is 17.3 Å². The molecule has 1 aliphatic rings. The quantitative estimate of drug-likeness (QED) is 0.416. The average Bonchev–Trinajstić information content (AvgIpc) is 3.08. The van der Waals surface area contributed by atoms with Gasteiger partial charge in [-0.05, 0) is 0 Å².